The van der Waals surface area contributed by atoms with Crippen LogP contribution in [0.15, 0.2) is 0 Å². The third-order valence-electron chi connectivity index (χ3n) is 3.91. The summed E-state index contributed by atoms with van der Waals surface area (Å²) in [6.45, 7) is 9.21. The molecular weight excluding hydrogens is 250 g/mol. The van der Waals surface area contributed by atoms with Crippen LogP contribution in [0.1, 0.15) is 48.5 Å². The molecule has 2 rings (SSSR count). The molecule has 20 heavy (non-hydrogen) atoms. The fourth-order valence-corrected chi connectivity index (χ4v) is 2.53. The van der Waals surface area contributed by atoms with Crippen molar-refractivity contribution in [3.63, 3.8) is 0 Å². The first-order valence-corrected chi connectivity index (χ1v) is 7.65. The predicted molar refractivity (Wildman–Crippen MR) is 81.1 cm³/mol. The molecule has 1 heterocycles. The second-order valence-corrected chi connectivity index (χ2v) is 6.01. The number of nitrogens with zero attached hydrogens (tertiary/aromatic N) is 2. The molecule has 1 aromatic rings. The number of nitrogens with one attached hydrogen (secondary N) is 1. The first-order valence-electron chi connectivity index (χ1n) is 7.65. The number of ether oxygens (including phenoxy) is 1. The minimum atomic E-state index is 0.583. The summed E-state index contributed by atoms with van der Waals surface area (Å²) in [4.78, 5) is 9.41. The molecule has 4 heteroatoms. The number of rotatable bonds is 8. The molecule has 0 aliphatic heterocycles. The van der Waals surface area contributed by atoms with Crippen LogP contribution in [0.3, 0.4) is 0 Å². The van der Waals surface area contributed by atoms with Crippen molar-refractivity contribution in [1.82, 2.24) is 15.3 Å². The third kappa shape index (κ3) is 4.25. The summed E-state index contributed by atoms with van der Waals surface area (Å²) in [5.74, 6) is 2.28. The lowest BCUT2D eigenvalue weighted by atomic mass is 9.98. The van der Waals surface area contributed by atoms with Crippen LogP contribution in [0.4, 0.5) is 0 Å². The van der Waals surface area contributed by atoms with Gasteiger partial charge in [-0.3, -0.25) is 0 Å². The zero-order valence-corrected chi connectivity index (χ0v) is 13.2. The Hall–Kier alpha value is -1.00. The molecule has 1 fully saturated rings. The smallest absolute Gasteiger partial charge is 0.131 e. The second kappa shape index (κ2) is 7.14. The molecular formula is C16H27N3O. The van der Waals surface area contributed by atoms with Crippen LogP contribution in [0, 0.1) is 19.8 Å². The Morgan fingerprint density at radius 1 is 1.25 bits per heavy atom. The molecule has 0 saturated heterocycles. The van der Waals surface area contributed by atoms with Gasteiger partial charge in [-0.2, -0.15) is 0 Å². The van der Waals surface area contributed by atoms with Gasteiger partial charge in [-0.25, -0.2) is 9.97 Å². The Morgan fingerprint density at radius 2 is 1.90 bits per heavy atom. The molecule has 0 spiro atoms. The molecule has 0 radical (unpaired) electrons. The fraction of sp³-hybridized carbons (Fsp3) is 0.750. The van der Waals surface area contributed by atoms with E-state index in [0.29, 0.717) is 11.8 Å². The van der Waals surface area contributed by atoms with Gasteiger partial charge in [0.05, 0.1) is 6.61 Å². The minimum absolute atomic E-state index is 0.583. The van der Waals surface area contributed by atoms with Crippen LogP contribution in [0.2, 0.25) is 0 Å². The molecule has 1 N–H and O–H groups in total. The Labute approximate surface area is 122 Å². The van der Waals surface area contributed by atoms with Crippen molar-refractivity contribution in [2.45, 2.75) is 46.0 Å². The van der Waals surface area contributed by atoms with Gasteiger partial charge in [0.15, 0.2) is 0 Å². The highest BCUT2D eigenvalue weighted by molar-refractivity contribution is 5.26. The molecule has 1 aliphatic rings. The number of hydrogen-bond acceptors (Lipinski definition) is 4. The van der Waals surface area contributed by atoms with Crippen molar-refractivity contribution in [2.24, 2.45) is 5.92 Å². The molecule has 4 nitrogen and oxygen atoms in total. The van der Waals surface area contributed by atoms with Gasteiger partial charge in [0.25, 0.3) is 0 Å². The van der Waals surface area contributed by atoms with Crippen molar-refractivity contribution >= 4 is 0 Å². The van der Waals surface area contributed by atoms with Crippen LogP contribution in [0.5, 0.6) is 0 Å². The lowest BCUT2D eigenvalue weighted by Crippen LogP contribution is -2.26. The summed E-state index contributed by atoms with van der Waals surface area (Å²) in [6.07, 6.45) is 3.57. The van der Waals surface area contributed by atoms with Crippen molar-refractivity contribution in [2.75, 3.05) is 26.8 Å². The zero-order valence-electron chi connectivity index (χ0n) is 13.2. The van der Waals surface area contributed by atoms with E-state index in [1.807, 2.05) is 0 Å². The highest BCUT2D eigenvalue weighted by Gasteiger charge is 2.27. The largest absolute Gasteiger partial charge is 0.383 e. The van der Waals surface area contributed by atoms with Crippen molar-refractivity contribution in [3.8, 4) is 0 Å². The molecule has 0 amide bonds. The summed E-state index contributed by atoms with van der Waals surface area (Å²) in [7, 11) is 1.73. The minimum Gasteiger partial charge on any atom is -0.383 e. The maximum atomic E-state index is 5.04. The third-order valence-corrected chi connectivity index (χ3v) is 3.91. The van der Waals surface area contributed by atoms with Gasteiger partial charge in [-0.15, -0.1) is 0 Å². The first kappa shape index (κ1) is 15.4. The SMILES string of the molecule is COCCNCC(C)Cc1c(C)nc(C2CC2)nc1C. The summed E-state index contributed by atoms with van der Waals surface area (Å²) in [6, 6.07) is 0. The molecule has 0 aromatic carbocycles. The standard InChI is InChI=1S/C16H27N3O/c1-11(10-17-7-8-20-4)9-15-12(2)18-16(14-5-6-14)19-13(15)3/h11,14,17H,5-10H2,1-4H3. The van der Waals surface area contributed by atoms with Gasteiger partial charge < -0.3 is 10.1 Å². The van der Waals surface area contributed by atoms with E-state index in [9.17, 15) is 0 Å². The van der Waals surface area contributed by atoms with Crippen LogP contribution >= 0.6 is 0 Å². The van der Waals surface area contributed by atoms with Crippen molar-refractivity contribution < 1.29 is 4.74 Å². The summed E-state index contributed by atoms with van der Waals surface area (Å²) >= 11 is 0. The van der Waals surface area contributed by atoms with Gasteiger partial charge >= 0.3 is 0 Å². The van der Waals surface area contributed by atoms with Crippen LogP contribution in [-0.2, 0) is 11.2 Å². The quantitative estimate of drug-likeness (QED) is 0.741. The first-order chi connectivity index (χ1) is 9.61. The Bertz CT molecular complexity index is 420. The Balaban J connectivity index is 1.91. The van der Waals surface area contributed by atoms with E-state index < -0.39 is 0 Å². The van der Waals surface area contributed by atoms with Crippen LogP contribution < -0.4 is 5.32 Å². The molecule has 112 valence electrons. The maximum Gasteiger partial charge on any atom is 0.131 e. The molecule has 1 unspecified atom stereocenters. The lowest BCUT2D eigenvalue weighted by molar-refractivity contribution is 0.198. The number of aryl methyl sites for hydroxylation is 2. The van der Waals surface area contributed by atoms with E-state index in [0.717, 1.165) is 31.9 Å². The molecule has 1 saturated carbocycles. The van der Waals surface area contributed by atoms with Gasteiger partial charge in [0, 0.05) is 31.0 Å². The average molecular weight is 277 g/mol. The molecule has 1 aromatic heterocycles. The van der Waals surface area contributed by atoms with Gasteiger partial charge in [-0.05, 0) is 51.1 Å². The van der Waals surface area contributed by atoms with E-state index in [4.69, 9.17) is 14.7 Å². The van der Waals surface area contributed by atoms with E-state index in [1.54, 1.807) is 7.11 Å². The Morgan fingerprint density at radius 3 is 2.45 bits per heavy atom. The van der Waals surface area contributed by atoms with Crippen molar-refractivity contribution in [1.29, 1.82) is 0 Å². The fourth-order valence-electron chi connectivity index (χ4n) is 2.53. The average Bonchev–Trinajstić information content (AvgIpc) is 3.23. The zero-order chi connectivity index (χ0) is 14.5. The normalized spacial score (nSPS) is 16.4. The second-order valence-electron chi connectivity index (χ2n) is 6.01. The van der Waals surface area contributed by atoms with E-state index in [-0.39, 0.29) is 0 Å². The maximum absolute atomic E-state index is 5.04. The number of methoxy groups -OCH3 is 1. The molecule has 1 aliphatic carbocycles. The van der Waals surface area contributed by atoms with Crippen LogP contribution in [0.25, 0.3) is 0 Å². The molecule has 1 atom stereocenters. The van der Waals surface area contributed by atoms with E-state index >= 15 is 0 Å². The molecule has 0 bridgehead atoms. The summed E-state index contributed by atoms with van der Waals surface area (Å²) < 4.78 is 5.04. The topological polar surface area (TPSA) is 47.0 Å². The highest BCUT2D eigenvalue weighted by atomic mass is 16.5. The number of aromatic nitrogens is 2. The van der Waals surface area contributed by atoms with Gasteiger partial charge in [0.1, 0.15) is 5.82 Å². The van der Waals surface area contributed by atoms with Crippen LogP contribution in [-0.4, -0.2) is 36.8 Å². The van der Waals surface area contributed by atoms with E-state index in [2.05, 4.69) is 26.1 Å². The van der Waals surface area contributed by atoms with Crippen molar-refractivity contribution in [3.05, 3.63) is 22.8 Å². The highest BCUT2D eigenvalue weighted by Crippen LogP contribution is 2.38. The summed E-state index contributed by atoms with van der Waals surface area (Å²) in [5.41, 5.74) is 3.67. The van der Waals surface area contributed by atoms with Gasteiger partial charge in [-0.1, -0.05) is 6.92 Å². The summed E-state index contributed by atoms with van der Waals surface area (Å²) in [5, 5.41) is 3.42. The number of hydrogen-bond donors (Lipinski definition) is 1. The predicted octanol–water partition coefficient (Wildman–Crippen LogP) is 2.39. The Kier molecular flexibility index (Phi) is 5.49. The van der Waals surface area contributed by atoms with Gasteiger partial charge in [0.2, 0.25) is 0 Å². The lowest BCUT2D eigenvalue weighted by Gasteiger charge is -2.16. The van der Waals surface area contributed by atoms with E-state index in [1.165, 1.54) is 29.8 Å². The monoisotopic (exact) mass is 277 g/mol.